The number of hydrogen-bond acceptors (Lipinski definition) is 2. The van der Waals surface area contributed by atoms with Crippen molar-refractivity contribution < 1.29 is 18.0 Å². The summed E-state index contributed by atoms with van der Waals surface area (Å²) in [6.07, 6.45) is 0.772. The Morgan fingerprint density at radius 2 is 1.70 bits per heavy atom. The zero-order valence-electron chi connectivity index (χ0n) is 14.6. The average molecular weight is 492 g/mol. The number of hydrogen-bond donors (Lipinski definition) is 3. The van der Waals surface area contributed by atoms with Crippen LogP contribution in [0.5, 0.6) is 0 Å². The first-order chi connectivity index (χ1) is 12.5. The van der Waals surface area contributed by atoms with Crippen molar-refractivity contribution in [1.82, 2.24) is 10.6 Å². The molecule has 0 radical (unpaired) electrons. The Hall–Kier alpha value is -2.30. The number of carbonyl (C=O) groups is 1. The number of carbonyl (C=O) groups excluding carboxylic acids is 1. The molecular weight excluding hydrogens is 472 g/mol. The predicted molar refractivity (Wildman–Crippen MR) is 110 cm³/mol. The summed E-state index contributed by atoms with van der Waals surface area (Å²) < 4.78 is 39.5. The minimum Gasteiger partial charge on any atom is -0.356 e. The second-order valence-electron chi connectivity index (χ2n) is 5.36. The van der Waals surface area contributed by atoms with E-state index in [0.29, 0.717) is 12.5 Å². The molecule has 1 amide bonds. The molecule has 0 spiro atoms. The van der Waals surface area contributed by atoms with E-state index in [1.54, 1.807) is 7.05 Å². The Kier molecular flexibility index (Phi) is 9.62. The third kappa shape index (κ3) is 7.08. The molecule has 3 N–H and O–H groups in total. The highest BCUT2D eigenvalue weighted by molar-refractivity contribution is 14.0. The van der Waals surface area contributed by atoms with E-state index in [1.165, 1.54) is 0 Å². The Labute approximate surface area is 172 Å². The van der Waals surface area contributed by atoms with Gasteiger partial charge in [0.2, 0.25) is 5.91 Å². The topological polar surface area (TPSA) is 65.5 Å². The van der Waals surface area contributed by atoms with Crippen molar-refractivity contribution >= 4 is 41.5 Å². The van der Waals surface area contributed by atoms with Crippen LogP contribution in [0.25, 0.3) is 0 Å². The van der Waals surface area contributed by atoms with Crippen LogP contribution in [0.3, 0.4) is 0 Å². The van der Waals surface area contributed by atoms with Crippen molar-refractivity contribution in [1.29, 1.82) is 0 Å². The molecule has 0 heterocycles. The molecule has 2 rings (SSSR count). The van der Waals surface area contributed by atoms with Gasteiger partial charge in [-0.2, -0.15) is 0 Å². The fourth-order valence-electron chi connectivity index (χ4n) is 2.17. The Bertz CT molecular complexity index is 788. The Morgan fingerprint density at radius 3 is 2.37 bits per heavy atom. The fraction of sp³-hybridized carbons (Fsp3) is 0.222. The van der Waals surface area contributed by atoms with Gasteiger partial charge in [-0.1, -0.05) is 30.3 Å². The maximum atomic E-state index is 13.5. The summed E-state index contributed by atoms with van der Waals surface area (Å²) in [5.74, 6) is -4.62. The van der Waals surface area contributed by atoms with Gasteiger partial charge in [0.1, 0.15) is 0 Å². The molecule has 2 aromatic rings. The summed E-state index contributed by atoms with van der Waals surface area (Å²) in [5.41, 5.74) is 0.727. The maximum Gasteiger partial charge on any atom is 0.243 e. The van der Waals surface area contributed by atoms with Gasteiger partial charge in [-0.15, -0.1) is 24.0 Å². The summed E-state index contributed by atoms with van der Waals surface area (Å²) in [5, 5.41) is 7.97. The zero-order valence-corrected chi connectivity index (χ0v) is 16.9. The van der Waals surface area contributed by atoms with E-state index in [9.17, 15) is 18.0 Å². The van der Waals surface area contributed by atoms with Crippen LogP contribution in [0.15, 0.2) is 47.5 Å². The minimum atomic E-state index is -1.63. The van der Waals surface area contributed by atoms with E-state index in [0.717, 1.165) is 24.1 Å². The quantitative estimate of drug-likeness (QED) is 0.252. The Balaban J connectivity index is 0.00000364. The van der Waals surface area contributed by atoms with Crippen LogP contribution < -0.4 is 16.0 Å². The van der Waals surface area contributed by atoms with Crippen molar-refractivity contribution in [2.75, 3.05) is 25.5 Å². The van der Waals surface area contributed by atoms with Gasteiger partial charge in [0.05, 0.1) is 12.2 Å². The molecule has 0 atom stereocenters. The van der Waals surface area contributed by atoms with Gasteiger partial charge >= 0.3 is 0 Å². The van der Waals surface area contributed by atoms with Crippen molar-refractivity contribution in [3.05, 3.63) is 65.5 Å². The number of anilines is 1. The normalized spacial score (nSPS) is 10.7. The molecule has 0 saturated carbocycles. The largest absolute Gasteiger partial charge is 0.356 e. The molecule has 0 aromatic heterocycles. The van der Waals surface area contributed by atoms with Crippen LogP contribution in [0.1, 0.15) is 5.56 Å². The molecule has 2 aromatic carbocycles. The van der Waals surface area contributed by atoms with E-state index in [2.05, 4.69) is 20.9 Å². The van der Waals surface area contributed by atoms with Crippen molar-refractivity contribution in [2.45, 2.75) is 6.42 Å². The van der Waals surface area contributed by atoms with Gasteiger partial charge in [-0.05, 0) is 24.1 Å². The number of rotatable bonds is 6. The van der Waals surface area contributed by atoms with Gasteiger partial charge in [-0.25, -0.2) is 13.2 Å². The molecule has 0 aliphatic carbocycles. The SMILES string of the molecule is CN=C(NCCc1ccccc1)NCC(=O)Nc1ccc(F)c(F)c1F.I. The van der Waals surface area contributed by atoms with Gasteiger partial charge in [0.25, 0.3) is 0 Å². The lowest BCUT2D eigenvalue weighted by molar-refractivity contribution is -0.115. The van der Waals surface area contributed by atoms with E-state index < -0.39 is 29.0 Å². The third-order valence-electron chi connectivity index (χ3n) is 3.50. The fourth-order valence-corrected chi connectivity index (χ4v) is 2.17. The van der Waals surface area contributed by atoms with E-state index >= 15 is 0 Å². The summed E-state index contributed by atoms with van der Waals surface area (Å²) in [6, 6.07) is 11.5. The summed E-state index contributed by atoms with van der Waals surface area (Å²) in [7, 11) is 1.55. The minimum absolute atomic E-state index is 0. The van der Waals surface area contributed by atoms with Crippen LogP contribution in [0.4, 0.5) is 18.9 Å². The number of benzene rings is 2. The molecule has 5 nitrogen and oxygen atoms in total. The monoisotopic (exact) mass is 492 g/mol. The van der Waals surface area contributed by atoms with Crippen LogP contribution in [-0.2, 0) is 11.2 Å². The third-order valence-corrected chi connectivity index (χ3v) is 3.50. The number of aliphatic imine (C=N–C) groups is 1. The number of guanidine groups is 1. The molecule has 0 saturated heterocycles. The number of amides is 1. The Morgan fingerprint density at radius 1 is 1.00 bits per heavy atom. The molecule has 0 aliphatic heterocycles. The summed E-state index contributed by atoms with van der Waals surface area (Å²) >= 11 is 0. The highest BCUT2D eigenvalue weighted by Crippen LogP contribution is 2.19. The smallest absolute Gasteiger partial charge is 0.243 e. The first-order valence-electron chi connectivity index (χ1n) is 7.93. The van der Waals surface area contributed by atoms with Crippen LogP contribution in [0.2, 0.25) is 0 Å². The van der Waals surface area contributed by atoms with Crippen LogP contribution >= 0.6 is 24.0 Å². The summed E-state index contributed by atoms with van der Waals surface area (Å²) in [6.45, 7) is 0.382. The maximum absolute atomic E-state index is 13.5. The van der Waals surface area contributed by atoms with E-state index in [1.807, 2.05) is 30.3 Å². The molecular formula is C18H20F3IN4O. The molecule has 0 fully saturated rings. The number of halogens is 4. The standard InChI is InChI=1S/C18H19F3N4O.HI/c1-22-18(23-10-9-12-5-3-2-4-6-12)24-11-15(26)25-14-8-7-13(19)16(20)17(14)21;/h2-8H,9-11H2,1H3,(H,25,26)(H2,22,23,24);1H. The lowest BCUT2D eigenvalue weighted by atomic mass is 10.1. The highest BCUT2D eigenvalue weighted by Gasteiger charge is 2.15. The van der Waals surface area contributed by atoms with Gasteiger partial charge in [0.15, 0.2) is 23.4 Å². The predicted octanol–water partition coefficient (Wildman–Crippen LogP) is 3.07. The van der Waals surface area contributed by atoms with Gasteiger partial charge in [0, 0.05) is 13.6 Å². The first kappa shape index (κ1) is 22.7. The second-order valence-corrected chi connectivity index (χ2v) is 5.36. The summed E-state index contributed by atoms with van der Waals surface area (Å²) in [4.78, 5) is 15.8. The van der Waals surface area contributed by atoms with E-state index in [4.69, 9.17) is 0 Å². The van der Waals surface area contributed by atoms with Gasteiger partial charge < -0.3 is 16.0 Å². The van der Waals surface area contributed by atoms with Crippen LogP contribution in [0, 0.1) is 17.5 Å². The second kappa shape index (κ2) is 11.4. The molecule has 27 heavy (non-hydrogen) atoms. The molecule has 0 bridgehead atoms. The molecule has 146 valence electrons. The average Bonchev–Trinajstić information content (AvgIpc) is 2.66. The van der Waals surface area contributed by atoms with E-state index in [-0.39, 0.29) is 30.5 Å². The zero-order chi connectivity index (χ0) is 18.9. The lowest BCUT2D eigenvalue weighted by Gasteiger charge is -2.12. The molecule has 0 aliphatic rings. The number of nitrogens with one attached hydrogen (secondary N) is 3. The first-order valence-corrected chi connectivity index (χ1v) is 7.93. The lowest BCUT2D eigenvalue weighted by Crippen LogP contribution is -2.42. The molecule has 0 unspecified atom stereocenters. The van der Waals surface area contributed by atoms with Crippen molar-refractivity contribution in [3.8, 4) is 0 Å². The molecule has 9 heteroatoms. The number of nitrogens with zero attached hydrogens (tertiary/aromatic N) is 1. The van der Waals surface area contributed by atoms with Crippen LogP contribution in [-0.4, -0.2) is 32.0 Å². The highest BCUT2D eigenvalue weighted by atomic mass is 127. The van der Waals surface area contributed by atoms with Gasteiger partial charge in [-0.3, -0.25) is 9.79 Å². The van der Waals surface area contributed by atoms with Crippen molar-refractivity contribution in [2.24, 2.45) is 4.99 Å². The van der Waals surface area contributed by atoms with Crippen molar-refractivity contribution in [3.63, 3.8) is 0 Å².